The van der Waals surface area contributed by atoms with Crippen LogP contribution >= 0.6 is 39.0 Å². The minimum Gasteiger partial charge on any atom is -0.483 e. The third-order valence-electron chi connectivity index (χ3n) is 6.00. The van der Waals surface area contributed by atoms with Crippen molar-refractivity contribution in [2.45, 2.75) is 38.6 Å². The minimum absolute atomic E-state index is 0.0640. The summed E-state index contributed by atoms with van der Waals surface area (Å²) in [4.78, 5) is 25.8. The number of amides is 1. The summed E-state index contributed by atoms with van der Waals surface area (Å²) in [5.41, 5.74) is 4.10. The van der Waals surface area contributed by atoms with Gasteiger partial charge in [0.25, 0.3) is 0 Å². The molecule has 1 N–H and O–H groups in total. The molecule has 2 aromatic carbocycles. The van der Waals surface area contributed by atoms with Crippen LogP contribution < -0.4 is 10.1 Å². The predicted octanol–water partition coefficient (Wildman–Crippen LogP) is 7.23. The molecule has 1 amide bonds. The molecule has 0 aliphatic rings. The molecule has 2 aromatic heterocycles. The number of halogens is 1. The van der Waals surface area contributed by atoms with E-state index < -0.39 is 5.97 Å². The number of allylic oxidation sites excluding steroid dienone is 1. The molecule has 0 bridgehead atoms. The number of nitrogens with zero attached hydrogens (tertiary/aromatic N) is 3. The molecule has 11 heteroatoms. The van der Waals surface area contributed by atoms with E-state index in [9.17, 15) is 9.59 Å². The van der Waals surface area contributed by atoms with E-state index in [2.05, 4.69) is 38.0 Å². The highest BCUT2D eigenvalue weighted by molar-refractivity contribution is 9.10. The largest absolute Gasteiger partial charge is 0.483 e. The highest BCUT2D eigenvalue weighted by atomic mass is 79.9. The van der Waals surface area contributed by atoms with Crippen LogP contribution in [0.5, 0.6) is 5.75 Å². The molecule has 1 atom stereocenters. The first-order valence-electron chi connectivity index (χ1n) is 12.4. The van der Waals surface area contributed by atoms with E-state index in [0.717, 1.165) is 26.7 Å². The van der Waals surface area contributed by atoms with Gasteiger partial charge in [0.1, 0.15) is 16.3 Å². The van der Waals surface area contributed by atoms with E-state index in [4.69, 9.17) is 9.47 Å². The average molecular weight is 642 g/mol. The summed E-state index contributed by atoms with van der Waals surface area (Å²) >= 11 is 5.96. The number of carbonyl (C=O) groups excluding carboxylic acids is 2. The van der Waals surface area contributed by atoms with Crippen LogP contribution in [0, 0.1) is 13.8 Å². The molecule has 8 nitrogen and oxygen atoms in total. The Kier molecular flexibility index (Phi) is 9.83. The number of thiophene rings is 1. The molecule has 0 aliphatic carbocycles. The second kappa shape index (κ2) is 13.3. The predicted molar refractivity (Wildman–Crippen MR) is 163 cm³/mol. The molecule has 0 radical (unpaired) electrons. The van der Waals surface area contributed by atoms with Crippen LogP contribution in [0.1, 0.15) is 40.3 Å². The number of thioether (sulfide) groups is 1. The summed E-state index contributed by atoms with van der Waals surface area (Å²) < 4.78 is 13.9. The molecule has 0 saturated carbocycles. The van der Waals surface area contributed by atoms with Gasteiger partial charge in [0, 0.05) is 22.0 Å². The van der Waals surface area contributed by atoms with Crippen LogP contribution in [-0.2, 0) is 16.1 Å². The van der Waals surface area contributed by atoms with Gasteiger partial charge in [-0.1, -0.05) is 57.5 Å². The molecule has 1 unspecified atom stereocenters. The monoisotopic (exact) mass is 640 g/mol. The SMILES string of the molecule is C=CCn1c(SCC(=O)Nc2scc(-c3cc(C)ccc3C)c2C(=O)OC)nnc1C(C)Oc1ccc(Br)cc1. The second-order valence-corrected chi connectivity index (χ2v) is 11.7. The summed E-state index contributed by atoms with van der Waals surface area (Å²) in [7, 11) is 1.33. The summed E-state index contributed by atoms with van der Waals surface area (Å²) in [6.07, 6.45) is 1.36. The van der Waals surface area contributed by atoms with E-state index in [1.165, 1.54) is 30.2 Å². The Morgan fingerprint density at radius 2 is 1.93 bits per heavy atom. The van der Waals surface area contributed by atoms with E-state index in [0.29, 0.717) is 33.8 Å². The standard InChI is InChI=1S/C29H29BrN4O4S2/c1-6-13-34-26(19(4)38-21-11-9-20(30)10-12-21)32-33-29(34)40-16-24(35)31-27-25(28(36)37-5)23(15-39-27)22-14-17(2)7-8-18(22)3/h6-12,14-15,19H,1,13,16H2,2-5H3,(H,31,35). The van der Waals surface area contributed by atoms with Gasteiger partial charge < -0.3 is 14.8 Å². The third-order valence-corrected chi connectivity index (χ3v) is 8.39. The Hall–Kier alpha value is -3.41. The number of benzene rings is 2. The molecule has 2 heterocycles. The highest BCUT2D eigenvalue weighted by Gasteiger charge is 2.24. The number of methoxy groups -OCH3 is 1. The van der Waals surface area contributed by atoms with Crippen molar-refractivity contribution in [3.05, 3.63) is 87.5 Å². The van der Waals surface area contributed by atoms with Crippen molar-refractivity contribution in [2.24, 2.45) is 0 Å². The maximum absolute atomic E-state index is 13.0. The van der Waals surface area contributed by atoms with E-state index in [1.54, 1.807) is 6.08 Å². The minimum atomic E-state index is -0.504. The van der Waals surface area contributed by atoms with Crippen LogP contribution in [-0.4, -0.2) is 39.5 Å². The Labute approximate surface area is 249 Å². The fourth-order valence-corrected chi connectivity index (χ4v) is 6.03. The van der Waals surface area contributed by atoms with Crippen molar-refractivity contribution in [2.75, 3.05) is 18.2 Å². The van der Waals surface area contributed by atoms with Gasteiger partial charge >= 0.3 is 5.97 Å². The van der Waals surface area contributed by atoms with Crippen LogP contribution in [0.25, 0.3) is 11.1 Å². The first-order chi connectivity index (χ1) is 19.2. The lowest BCUT2D eigenvalue weighted by Gasteiger charge is -2.15. The Balaban J connectivity index is 1.49. The summed E-state index contributed by atoms with van der Waals surface area (Å²) in [6, 6.07) is 13.6. The number of hydrogen-bond acceptors (Lipinski definition) is 8. The van der Waals surface area contributed by atoms with Crippen LogP contribution in [0.2, 0.25) is 0 Å². The number of aromatic nitrogens is 3. The lowest BCUT2D eigenvalue weighted by molar-refractivity contribution is -0.113. The number of rotatable bonds is 11. The summed E-state index contributed by atoms with van der Waals surface area (Å²) in [5.74, 6) is 0.605. The molecule has 4 rings (SSSR count). The third kappa shape index (κ3) is 6.83. The lowest BCUT2D eigenvalue weighted by Crippen LogP contribution is -2.17. The van der Waals surface area contributed by atoms with Crippen molar-refractivity contribution < 1.29 is 19.1 Å². The summed E-state index contributed by atoms with van der Waals surface area (Å²) in [6.45, 7) is 10.2. The van der Waals surface area contributed by atoms with Gasteiger partial charge in [-0.25, -0.2) is 4.79 Å². The number of nitrogens with one attached hydrogen (secondary N) is 1. The van der Waals surface area contributed by atoms with Gasteiger partial charge in [-0.2, -0.15) is 0 Å². The van der Waals surface area contributed by atoms with E-state index in [1.807, 2.05) is 73.2 Å². The van der Waals surface area contributed by atoms with Crippen LogP contribution in [0.4, 0.5) is 5.00 Å². The summed E-state index contributed by atoms with van der Waals surface area (Å²) in [5, 5.41) is 14.4. The average Bonchev–Trinajstić information content (AvgIpc) is 3.54. The topological polar surface area (TPSA) is 95.3 Å². The van der Waals surface area contributed by atoms with Crippen molar-refractivity contribution >= 4 is 55.9 Å². The second-order valence-electron chi connectivity index (χ2n) is 8.95. The molecule has 0 aliphatic heterocycles. The van der Waals surface area contributed by atoms with Gasteiger partial charge in [0.2, 0.25) is 5.91 Å². The van der Waals surface area contributed by atoms with Gasteiger partial charge in [-0.15, -0.1) is 28.1 Å². The molecular formula is C29H29BrN4O4S2. The molecule has 4 aromatic rings. The first kappa shape index (κ1) is 29.6. The lowest BCUT2D eigenvalue weighted by atomic mass is 9.97. The normalized spacial score (nSPS) is 11.6. The zero-order valence-electron chi connectivity index (χ0n) is 22.6. The van der Waals surface area contributed by atoms with Crippen molar-refractivity contribution in [1.82, 2.24) is 14.8 Å². The van der Waals surface area contributed by atoms with Crippen molar-refractivity contribution in [3.63, 3.8) is 0 Å². The van der Waals surface area contributed by atoms with Crippen LogP contribution in [0.3, 0.4) is 0 Å². The quantitative estimate of drug-likeness (QED) is 0.105. The fourth-order valence-electron chi connectivity index (χ4n) is 4.05. The number of aryl methyl sites for hydroxylation is 2. The van der Waals surface area contributed by atoms with E-state index >= 15 is 0 Å². The van der Waals surface area contributed by atoms with Crippen molar-refractivity contribution in [1.29, 1.82) is 0 Å². The number of carbonyl (C=O) groups is 2. The Bertz CT molecular complexity index is 1530. The smallest absolute Gasteiger partial charge is 0.341 e. The molecule has 0 fully saturated rings. The molecule has 208 valence electrons. The molecule has 0 spiro atoms. The van der Waals surface area contributed by atoms with Gasteiger partial charge in [0.05, 0.1) is 12.9 Å². The fraction of sp³-hybridized carbons (Fsp3) is 0.241. The number of anilines is 1. The first-order valence-corrected chi connectivity index (χ1v) is 15.0. The van der Waals surface area contributed by atoms with Gasteiger partial charge in [-0.3, -0.25) is 9.36 Å². The Morgan fingerprint density at radius 1 is 1.18 bits per heavy atom. The number of hydrogen-bond donors (Lipinski definition) is 1. The maximum atomic E-state index is 13.0. The van der Waals surface area contributed by atoms with Crippen molar-refractivity contribution in [3.8, 4) is 16.9 Å². The molecule has 0 saturated heterocycles. The molecular weight excluding hydrogens is 612 g/mol. The van der Waals surface area contributed by atoms with Gasteiger partial charge in [-0.05, 0) is 56.2 Å². The Morgan fingerprint density at radius 3 is 2.62 bits per heavy atom. The van der Waals surface area contributed by atoms with Gasteiger partial charge in [0.15, 0.2) is 17.1 Å². The molecule has 40 heavy (non-hydrogen) atoms. The number of ether oxygens (including phenoxy) is 2. The van der Waals surface area contributed by atoms with Crippen LogP contribution in [0.15, 0.2) is 70.1 Å². The highest BCUT2D eigenvalue weighted by Crippen LogP contribution is 2.38. The number of esters is 1. The maximum Gasteiger partial charge on any atom is 0.341 e. The zero-order chi connectivity index (χ0) is 28.8. The van der Waals surface area contributed by atoms with E-state index in [-0.39, 0.29) is 17.8 Å². The zero-order valence-corrected chi connectivity index (χ0v) is 25.8.